The SMILES string of the molecule is C=COCCCNCc1sccc1C. The average Bonchev–Trinajstić information content (AvgIpc) is 2.58. The van der Waals surface area contributed by atoms with E-state index in [2.05, 4.69) is 30.3 Å². The van der Waals surface area contributed by atoms with Crippen LogP contribution in [0.5, 0.6) is 0 Å². The molecule has 0 aliphatic heterocycles. The van der Waals surface area contributed by atoms with Gasteiger partial charge < -0.3 is 10.1 Å². The standard InChI is InChI=1S/C11H17NOS/c1-3-13-7-4-6-12-9-11-10(2)5-8-14-11/h3,5,8,12H,1,4,6-7,9H2,2H3. The number of thiophene rings is 1. The van der Waals surface area contributed by atoms with Crippen molar-refractivity contribution in [1.29, 1.82) is 0 Å². The number of hydrogen-bond donors (Lipinski definition) is 1. The van der Waals surface area contributed by atoms with Crippen molar-refractivity contribution in [2.45, 2.75) is 19.9 Å². The lowest BCUT2D eigenvalue weighted by Crippen LogP contribution is -2.15. The van der Waals surface area contributed by atoms with Gasteiger partial charge in [0.2, 0.25) is 0 Å². The van der Waals surface area contributed by atoms with Crippen LogP contribution in [-0.4, -0.2) is 13.2 Å². The number of aryl methyl sites for hydroxylation is 1. The molecule has 0 fully saturated rings. The second kappa shape index (κ2) is 6.62. The van der Waals surface area contributed by atoms with Gasteiger partial charge in [0.25, 0.3) is 0 Å². The van der Waals surface area contributed by atoms with Gasteiger partial charge in [0.1, 0.15) is 0 Å². The Labute approximate surface area is 89.6 Å². The summed E-state index contributed by atoms with van der Waals surface area (Å²) in [4.78, 5) is 1.43. The largest absolute Gasteiger partial charge is 0.502 e. The highest BCUT2D eigenvalue weighted by atomic mass is 32.1. The van der Waals surface area contributed by atoms with Crippen molar-refractivity contribution < 1.29 is 4.74 Å². The van der Waals surface area contributed by atoms with Crippen molar-refractivity contribution in [2.24, 2.45) is 0 Å². The van der Waals surface area contributed by atoms with Crippen molar-refractivity contribution in [3.8, 4) is 0 Å². The Morgan fingerprint density at radius 3 is 3.14 bits per heavy atom. The summed E-state index contributed by atoms with van der Waals surface area (Å²) in [5, 5.41) is 5.52. The number of rotatable bonds is 7. The molecule has 78 valence electrons. The van der Waals surface area contributed by atoms with Gasteiger partial charge in [-0.1, -0.05) is 6.58 Å². The third-order valence-electron chi connectivity index (χ3n) is 1.99. The van der Waals surface area contributed by atoms with Crippen LogP contribution in [0.4, 0.5) is 0 Å². The molecule has 0 atom stereocenters. The lowest BCUT2D eigenvalue weighted by Gasteiger charge is -2.03. The molecular weight excluding hydrogens is 194 g/mol. The molecule has 0 aliphatic carbocycles. The highest BCUT2D eigenvalue weighted by Crippen LogP contribution is 2.14. The van der Waals surface area contributed by atoms with Crippen LogP contribution < -0.4 is 5.32 Å². The average molecular weight is 211 g/mol. The number of ether oxygens (including phenoxy) is 1. The van der Waals surface area contributed by atoms with E-state index in [4.69, 9.17) is 4.74 Å². The molecule has 3 heteroatoms. The van der Waals surface area contributed by atoms with Gasteiger partial charge in [-0.05, 0) is 36.9 Å². The van der Waals surface area contributed by atoms with Crippen LogP contribution in [0.25, 0.3) is 0 Å². The fraction of sp³-hybridized carbons (Fsp3) is 0.455. The van der Waals surface area contributed by atoms with Gasteiger partial charge in [0, 0.05) is 11.4 Å². The van der Waals surface area contributed by atoms with Gasteiger partial charge in [-0.2, -0.15) is 0 Å². The first-order valence-corrected chi connectivity index (χ1v) is 5.68. The molecule has 0 bridgehead atoms. The quantitative estimate of drug-likeness (QED) is 0.553. The molecule has 1 aromatic heterocycles. The van der Waals surface area contributed by atoms with E-state index in [1.807, 2.05) is 11.3 Å². The zero-order chi connectivity index (χ0) is 10.2. The summed E-state index contributed by atoms with van der Waals surface area (Å²) in [7, 11) is 0. The second-order valence-electron chi connectivity index (χ2n) is 3.09. The monoisotopic (exact) mass is 211 g/mol. The molecule has 0 spiro atoms. The van der Waals surface area contributed by atoms with Crippen LogP contribution in [0.1, 0.15) is 16.9 Å². The van der Waals surface area contributed by atoms with E-state index in [0.717, 1.165) is 26.1 Å². The minimum Gasteiger partial charge on any atom is -0.502 e. The number of nitrogens with one attached hydrogen (secondary N) is 1. The Bertz CT molecular complexity index is 270. The lowest BCUT2D eigenvalue weighted by atomic mass is 10.3. The highest BCUT2D eigenvalue weighted by molar-refractivity contribution is 7.10. The van der Waals surface area contributed by atoms with E-state index in [9.17, 15) is 0 Å². The van der Waals surface area contributed by atoms with E-state index in [-0.39, 0.29) is 0 Å². The maximum atomic E-state index is 5.02. The van der Waals surface area contributed by atoms with E-state index < -0.39 is 0 Å². The molecule has 0 saturated carbocycles. The van der Waals surface area contributed by atoms with Crippen LogP contribution in [0.3, 0.4) is 0 Å². The first-order chi connectivity index (χ1) is 6.84. The Morgan fingerprint density at radius 2 is 2.50 bits per heavy atom. The van der Waals surface area contributed by atoms with Crippen molar-refractivity contribution in [1.82, 2.24) is 5.32 Å². The Morgan fingerprint density at radius 1 is 1.64 bits per heavy atom. The second-order valence-corrected chi connectivity index (χ2v) is 4.10. The van der Waals surface area contributed by atoms with Crippen molar-refractivity contribution >= 4 is 11.3 Å². The predicted octanol–water partition coefficient (Wildman–Crippen LogP) is 2.70. The predicted molar refractivity (Wildman–Crippen MR) is 61.5 cm³/mol. The Hall–Kier alpha value is -0.800. The molecule has 0 aromatic carbocycles. The van der Waals surface area contributed by atoms with Crippen molar-refractivity contribution in [2.75, 3.05) is 13.2 Å². The van der Waals surface area contributed by atoms with Crippen LogP contribution in [-0.2, 0) is 11.3 Å². The van der Waals surface area contributed by atoms with E-state index in [1.54, 1.807) is 0 Å². The topological polar surface area (TPSA) is 21.3 Å². The molecule has 2 nitrogen and oxygen atoms in total. The third kappa shape index (κ3) is 3.94. The summed E-state index contributed by atoms with van der Waals surface area (Å²) < 4.78 is 5.02. The van der Waals surface area contributed by atoms with Crippen LogP contribution >= 0.6 is 11.3 Å². The Kier molecular flexibility index (Phi) is 5.33. The maximum absolute atomic E-state index is 5.02. The van der Waals surface area contributed by atoms with Gasteiger partial charge in [-0.15, -0.1) is 11.3 Å². The summed E-state index contributed by atoms with van der Waals surface area (Å²) in [6.45, 7) is 8.35. The zero-order valence-corrected chi connectivity index (χ0v) is 9.40. The van der Waals surface area contributed by atoms with Crippen molar-refractivity contribution in [3.05, 3.63) is 34.7 Å². The van der Waals surface area contributed by atoms with Gasteiger partial charge in [0.05, 0.1) is 12.9 Å². The molecule has 1 aromatic rings. The summed E-state index contributed by atoms with van der Waals surface area (Å²) >= 11 is 1.81. The molecule has 0 saturated heterocycles. The molecule has 14 heavy (non-hydrogen) atoms. The molecule has 0 unspecified atom stereocenters. The van der Waals surface area contributed by atoms with E-state index in [0.29, 0.717) is 0 Å². The van der Waals surface area contributed by atoms with Gasteiger partial charge >= 0.3 is 0 Å². The van der Waals surface area contributed by atoms with Gasteiger partial charge in [0.15, 0.2) is 0 Å². The summed E-state index contributed by atoms with van der Waals surface area (Å²) in [5.74, 6) is 0. The number of hydrogen-bond acceptors (Lipinski definition) is 3. The first kappa shape index (κ1) is 11.3. The smallest absolute Gasteiger partial charge is 0.0885 e. The third-order valence-corrected chi connectivity index (χ3v) is 3.01. The zero-order valence-electron chi connectivity index (χ0n) is 8.58. The fourth-order valence-corrected chi connectivity index (χ4v) is 2.03. The molecule has 0 aliphatic rings. The molecule has 0 amide bonds. The summed E-state index contributed by atoms with van der Waals surface area (Å²) in [6.07, 6.45) is 2.51. The van der Waals surface area contributed by atoms with E-state index in [1.165, 1.54) is 16.7 Å². The van der Waals surface area contributed by atoms with Crippen LogP contribution in [0, 0.1) is 6.92 Å². The highest BCUT2D eigenvalue weighted by Gasteiger charge is 1.97. The maximum Gasteiger partial charge on any atom is 0.0885 e. The van der Waals surface area contributed by atoms with Crippen LogP contribution in [0.2, 0.25) is 0 Å². The van der Waals surface area contributed by atoms with Crippen molar-refractivity contribution in [3.63, 3.8) is 0 Å². The molecule has 1 N–H and O–H groups in total. The Balaban J connectivity index is 2.04. The normalized spacial score (nSPS) is 10.1. The fourth-order valence-electron chi connectivity index (χ4n) is 1.15. The minimum absolute atomic E-state index is 0.750. The lowest BCUT2D eigenvalue weighted by molar-refractivity contribution is 0.244. The molecule has 1 rings (SSSR count). The first-order valence-electron chi connectivity index (χ1n) is 4.81. The van der Waals surface area contributed by atoms with E-state index >= 15 is 0 Å². The summed E-state index contributed by atoms with van der Waals surface area (Å²) in [6, 6.07) is 2.16. The van der Waals surface area contributed by atoms with Gasteiger partial charge in [-0.3, -0.25) is 0 Å². The molecule has 1 heterocycles. The summed E-state index contributed by atoms with van der Waals surface area (Å²) in [5.41, 5.74) is 1.38. The van der Waals surface area contributed by atoms with Gasteiger partial charge in [-0.25, -0.2) is 0 Å². The van der Waals surface area contributed by atoms with Crippen LogP contribution in [0.15, 0.2) is 24.3 Å². The molecular formula is C11H17NOS. The molecule has 0 radical (unpaired) electrons. The minimum atomic E-state index is 0.750.